The summed E-state index contributed by atoms with van der Waals surface area (Å²) in [5.41, 5.74) is 1.43. The fourth-order valence-corrected chi connectivity index (χ4v) is 5.30. The van der Waals surface area contributed by atoms with Crippen LogP contribution in [0.25, 0.3) is 5.76 Å². The minimum atomic E-state index is -0.662. The molecule has 0 radical (unpaired) electrons. The smallest absolute Gasteiger partial charge is 0.295 e. The van der Waals surface area contributed by atoms with Crippen LogP contribution >= 0.6 is 11.3 Å². The molecule has 1 amide bonds. The van der Waals surface area contributed by atoms with Crippen LogP contribution in [0.5, 0.6) is 0 Å². The number of rotatable bonds is 3. The second-order valence-corrected chi connectivity index (χ2v) is 8.42. The molecule has 4 nitrogen and oxygen atoms in total. The van der Waals surface area contributed by atoms with Crippen LogP contribution in [-0.2, 0) is 9.59 Å². The number of likely N-dealkylation sites (tertiary alicyclic amines) is 1. The molecule has 6 heteroatoms. The van der Waals surface area contributed by atoms with Gasteiger partial charge in [0.25, 0.3) is 11.7 Å². The maximum Gasteiger partial charge on any atom is 0.295 e. The lowest BCUT2D eigenvalue weighted by Crippen LogP contribution is -2.40. The summed E-state index contributed by atoms with van der Waals surface area (Å²) in [5.74, 6) is -1.88. The number of amides is 1. The average Bonchev–Trinajstić information content (AvgIpc) is 3.23. The van der Waals surface area contributed by atoms with Crippen LogP contribution in [0, 0.1) is 12.7 Å². The van der Waals surface area contributed by atoms with Gasteiger partial charge in [0.05, 0.1) is 5.57 Å². The number of aliphatic hydroxyl groups is 1. The lowest BCUT2D eigenvalue weighted by Gasteiger charge is -2.35. The molecular formula is C22H22FNO3S. The lowest BCUT2D eigenvalue weighted by atomic mass is 9.92. The van der Waals surface area contributed by atoms with Gasteiger partial charge in [0.1, 0.15) is 17.6 Å². The number of hydrogen-bond acceptors (Lipinski definition) is 4. The fourth-order valence-electron chi connectivity index (χ4n) is 4.27. The molecule has 1 saturated carbocycles. The van der Waals surface area contributed by atoms with E-state index in [4.69, 9.17) is 0 Å². The van der Waals surface area contributed by atoms with E-state index in [1.165, 1.54) is 35.6 Å². The molecule has 1 aromatic heterocycles. The van der Waals surface area contributed by atoms with E-state index < -0.39 is 23.5 Å². The molecule has 1 aliphatic carbocycles. The summed E-state index contributed by atoms with van der Waals surface area (Å²) in [7, 11) is 0. The summed E-state index contributed by atoms with van der Waals surface area (Å²) >= 11 is 1.49. The van der Waals surface area contributed by atoms with Gasteiger partial charge in [-0.2, -0.15) is 0 Å². The molecule has 0 spiro atoms. The van der Waals surface area contributed by atoms with Gasteiger partial charge in [-0.1, -0.05) is 19.3 Å². The Hall–Kier alpha value is -2.47. The average molecular weight is 399 g/mol. The third-order valence-electron chi connectivity index (χ3n) is 5.72. The molecule has 1 aliphatic heterocycles. The molecule has 2 heterocycles. The molecule has 1 saturated heterocycles. The van der Waals surface area contributed by atoms with Crippen molar-refractivity contribution in [2.75, 3.05) is 0 Å². The highest BCUT2D eigenvalue weighted by Crippen LogP contribution is 2.45. The number of carbonyl (C=O) groups excluding carboxylic acids is 2. The molecule has 0 bridgehead atoms. The summed E-state index contributed by atoms with van der Waals surface area (Å²) in [6.45, 7) is 1.95. The number of halogens is 1. The zero-order chi connectivity index (χ0) is 19.8. The van der Waals surface area contributed by atoms with Crippen LogP contribution in [0.2, 0.25) is 0 Å². The first-order chi connectivity index (χ1) is 13.5. The number of aryl methyl sites for hydroxylation is 1. The number of aliphatic hydroxyl groups excluding tert-OH is 1. The molecule has 28 heavy (non-hydrogen) atoms. The van der Waals surface area contributed by atoms with Crippen LogP contribution in [0.15, 0.2) is 41.3 Å². The molecular weight excluding hydrogens is 377 g/mol. The minimum absolute atomic E-state index is 0.00443. The van der Waals surface area contributed by atoms with Gasteiger partial charge in [0.2, 0.25) is 0 Å². The Morgan fingerprint density at radius 3 is 2.39 bits per heavy atom. The van der Waals surface area contributed by atoms with Crippen LogP contribution in [0.1, 0.15) is 54.1 Å². The molecule has 2 aliphatic rings. The van der Waals surface area contributed by atoms with Gasteiger partial charge < -0.3 is 10.0 Å². The predicted octanol–water partition coefficient (Wildman–Crippen LogP) is 4.95. The number of benzene rings is 1. The monoisotopic (exact) mass is 399 g/mol. The predicted molar refractivity (Wildman–Crippen MR) is 106 cm³/mol. The normalized spacial score (nSPS) is 22.8. The Bertz CT molecular complexity index is 941. The van der Waals surface area contributed by atoms with Gasteiger partial charge in [0, 0.05) is 16.5 Å². The first kappa shape index (κ1) is 18.9. The van der Waals surface area contributed by atoms with E-state index >= 15 is 0 Å². The molecule has 2 aromatic rings. The number of ketones is 1. The van der Waals surface area contributed by atoms with Crippen LogP contribution < -0.4 is 0 Å². The highest BCUT2D eigenvalue weighted by Gasteiger charge is 2.49. The number of Topliss-reactive ketones (excluding diaryl/α,β-unsaturated/α-hetero) is 1. The van der Waals surface area contributed by atoms with E-state index in [1.54, 1.807) is 4.90 Å². The largest absolute Gasteiger partial charge is 0.507 e. The molecule has 1 aromatic carbocycles. The van der Waals surface area contributed by atoms with Crippen molar-refractivity contribution in [1.82, 2.24) is 4.90 Å². The van der Waals surface area contributed by atoms with Crippen molar-refractivity contribution in [3.63, 3.8) is 0 Å². The van der Waals surface area contributed by atoms with E-state index in [2.05, 4.69) is 0 Å². The van der Waals surface area contributed by atoms with E-state index in [0.29, 0.717) is 5.56 Å². The van der Waals surface area contributed by atoms with Crippen molar-refractivity contribution >= 4 is 28.8 Å². The van der Waals surface area contributed by atoms with E-state index in [-0.39, 0.29) is 17.4 Å². The van der Waals surface area contributed by atoms with E-state index in [0.717, 1.165) is 42.5 Å². The van der Waals surface area contributed by atoms with Gasteiger partial charge in [-0.25, -0.2) is 4.39 Å². The van der Waals surface area contributed by atoms with Crippen molar-refractivity contribution in [3.8, 4) is 0 Å². The zero-order valence-corrected chi connectivity index (χ0v) is 16.5. The Balaban J connectivity index is 1.87. The maximum atomic E-state index is 13.3. The highest BCUT2D eigenvalue weighted by atomic mass is 32.1. The number of nitrogens with zero attached hydrogens (tertiary/aromatic N) is 1. The van der Waals surface area contributed by atoms with Gasteiger partial charge >= 0.3 is 0 Å². The summed E-state index contributed by atoms with van der Waals surface area (Å²) in [4.78, 5) is 28.6. The first-order valence-corrected chi connectivity index (χ1v) is 10.5. The summed E-state index contributed by atoms with van der Waals surface area (Å²) in [6.07, 6.45) is 4.93. The van der Waals surface area contributed by atoms with Crippen molar-refractivity contribution in [1.29, 1.82) is 0 Å². The Kier molecular flexibility index (Phi) is 5.06. The van der Waals surface area contributed by atoms with Crippen molar-refractivity contribution in [2.24, 2.45) is 0 Å². The number of hydrogen-bond donors (Lipinski definition) is 1. The van der Waals surface area contributed by atoms with Crippen molar-refractivity contribution in [2.45, 2.75) is 51.1 Å². The zero-order valence-electron chi connectivity index (χ0n) is 15.7. The van der Waals surface area contributed by atoms with Crippen LogP contribution in [0.3, 0.4) is 0 Å². The third-order valence-corrected chi connectivity index (χ3v) is 6.79. The number of carbonyl (C=O) groups is 2. The fraction of sp³-hybridized carbons (Fsp3) is 0.364. The van der Waals surface area contributed by atoms with Gasteiger partial charge in [-0.15, -0.1) is 11.3 Å². The SMILES string of the molecule is Cc1ccsc1C1/C(=C(/O)c2ccc(F)cc2)C(=O)C(=O)N1C1CCCCC1. The van der Waals surface area contributed by atoms with Crippen LogP contribution in [0.4, 0.5) is 4.39 Å². The molecule has 1 atom stereocenters. The second kappa shape index (κ2) is 7.51. The van der Waals surface area contributed by atoms with Gasteiger partial charge in [0.15, 0.2) is 0 Å². The van der Waals surface area contributed by atoms with Gasteiger partial charge in [-0.05, 0) is 61.0 Å². The second-order valence-electron chi connectivity index (χ2n) is 7.47. The molecule has 146 valence electrons. The van der Waals surface area contributed by atoms with Crippen LogP contribution in [-0.4, -0.2) is 27.7 Å². The van der Waals surface area contributed by atoms with Gasteiger partial charge in [-0.3, -0.25) is 9.59 Å². The maximum absolute atomic E-state index is 13.3. The highest BCUT2D eigenvalue weighted by molar-refractivity contribution is 7.10. The molecule has 1 unspecified atom stereocenters. The Morgan fingerprint density at radius 1 is 1.11 bits per heavy atom. The summed E-state index contributed by atoms with van der Waals surface area (Å²) < 4.78 is 13.3. The van der Waals surface area contributed by atoms with E-state index in [9.17, 15) is 19.1 Å². The summed E-state index contributed by atoms with van der Waals surface area (Å²) in [6, 6.07) is 6.69. The number of thiophene rings is 1. The Labute approximate surface area is 167 Å². The summed E-state index contributed by atoms with van der Waals surface area (Å²) in [5, 5.41) is 12.9. The minimum Gasteiger partial charge on any atom is -0.507 e. The van der Waals surface area contributed by atoms with Crippen molar-refractivity contribution in [3.05, 3.63) is 63.1 Å². The third kappa shape index (κ3) is 3.15. The Morgan fingerprint density at radius 2 is 1.79 bits per heavy atom. The molecule has 4 rings (SSSR count). The topological polar surface area (TPSA) is 57.6 Å². The standard InChI is InChI=1S/C22H22FNO3S/c1-13-11-12-28-21(13)18-17(19(25)14-7-9-15(23)10-8-14)20(26)22(27)24(18)16-5-3-2-4-6-16/h7-12,16,18,25H,2-6H2,1H3/b19-17-. The van der Waals surface area contributed by atoms with E-state index in [1.807, 2.05) is 18.4 Å². The molecule has 1 N–H and O–H groups in total. The van der Waals surface area contributed by atoms with Crippen molar-refractivity contribution < 1.29 is 19.1 Å². The molecule has 2 fully saturated rings. The lowest BCUT2D eigenvalue weighted by molar-refractivity contribution is -0.141. The first-order valence-electron chi connectivity index (χ1n) is 9.59. The quantitative estimate of drug-likeness (QED) is 0.451.